The van der Waals surface area contributed by atoms with E-state index in [1.165, 1.54) is 4.90 Å². The van der Waals surface area contributed by atoms with Crippen molar-refractivity contribution in [1.29, 1.82) is 0 Å². The number of likely N-dealkylation sites (tertiary alicyclic amines) is 1. The van der Waals surface area contributed by atoms with Gasteiger partial charge in [0, 0.05) is 13.0 Å². The lowest BCUT2D eigenvalue weighted by Crippen LogP contribution is -2.41. The SMILES string of the molecule is O=C(O)C1CCCN1C(=O)CC1CCC(C(F)(F)F)CC1. The number of hydrogen-bond donors (Lipinski definition) is 1. The van der Waals surface area contributed by atoms with Gasteiger partial charge in [0.1, 0.15) is 6.04 Å². The fourth-order valence-corrected chi connectivity index (χ4v) is 3.38. The topological polar surface area (TPSA) is 57.6 Å². The molecule has 0 aromatic rings. The van der Waals surface area contributed by atoms with Gasteiger partial charge in [0.05, 0.1) is 5.92 Å². The number of hydrogen-bond acceptors (Lipinski definition) is 2. The quantitative estimate of drug-likeness (QED) is 0.872. The summed E-state index contributed by atoms with van der Waals surface area (Å²) in [4.78, 5) is 24.6. The predicted molar refractivity (Wildman–Crippen MR) is 68.5 cm³/mol. The molecule has 1 heterocycles. The molecule has 1 aliphatic heterocycles. The van der Waals surface area contributed by atoms with Crippen LogP contribution in [0.25, 0.3) is 0 Å². The summed E-state index contributed by atoms with van der Waals surface area (Å²) in [6.07, 6.45) is -1.91. The minimum absolute atomic E-state index is 0.0499. The molecule has 1 unspecified atom stereocenters. The minimum Gasteiger partial charge on any atom is -0.480 e. The van der Waals surface area contributed by atoms with Gasteiger partial charge < -0.3 is 10.0 Å². The van der Waals surface area contributed by atoms with Crippen molar-refractivity contribution in [3.05, 3.63) is 0 Å². The van der Waals surface area contributed by atoms with Gasteiger partial charge in [-0.3, -0.25) is 4.79 Å². The second kappa shape index (κ2) is 6.23. The number of carboxylic acid groups (broad SMARTS) is 1. The number of carboxylic acids is 1. The predicted octanol–water partition coefficient (Wildman–Crippen LogP) is 2.82. The molecule has 1 N–H and O–H groups in total. The maximum atomic E-state index is 12.6. The lowest BCUT2D eigenvalue weighted by atomic mass is 9.80. The molecule has 4 nitrogen and oxygen atoms in total. The third-order valence-corrected chi connectivity index (χ3v) is 4.63. The molecule has 0 bridgehead atoms. The number of carbonyl (C=O) groups excluding carboxylic acids is 1. The monoisotopic (exact) mass is 307 g/mol. The molecule has 1 amide bonds. The first-order valence-electron chi connectivity index (χ1n) is 7.38. The normalized spacial score (nSPS) is 30.4. The molecule has 0 radical (unpaired) electrons. The maximum absolute atomic E-state index is 12.6. The average Bonchev–Trinajstić information content (AvgIpc) is 2.87. The Morgan fingerprint density at radius 1 is 1.10 bits per heavy atom. The molecule has 1 saturated carbocycles. The van der Waals surface area contributed by atoms with E-state index in [4.69, 9.17) is 5.11 Å². The van der Waals surface area contributed by atoms with E-state index >= 15 is 0 Å². The Labute approximate surface area is 121 Å². The Hall–Kier alpha value is -1.27. The van der Waals surface area contributed by atoms with Gasteiger partial charge in [-0.2, -0.15) is 13.2 Å². The summed E-state index contributed by atoms with van der Waals surface area (Å²) in [6.45, 7) is 0.438. The van der Waals surface area contributed by atoms with E-state index in [2.05, 4.69) is 0 Å². The van der Waals surface area contributed by atoms with E-state index in [0.29, 0.717) is 32.2 Å². The highest BCUT2D eigenvalue weighted by atomic mass is 19.4. The number of aliphatic carboxylic acids is 1. The summed E-state index contributed by atoms with van der Waals surface area (Å²) < 4.78 is 37.7. The average molecular weight is 307 g/mol. The molecule has 1 aliphatic carbocycles. The molecule has 1 saturated heterocycles. The van der Waals surface area contributed by atoms with Crippen molar-refractivity contribution in [3.63, 3.8) is 0 Å². The van der Waals surface area contributed by atoms with Gasteiger partial charge in [-0.15, -0.1) is 0 Å². The van der Waals surface area contributed by atoms with Crippen LogP contribution in [-0.2, 0) is 9.59 Å². The van der Waals surface area contributed by atoms with Crippen molar-refractivity contribution in [2.45, 2.75) is 57.2 Å². The minimum atomic E-state index is -4.14. The fraction of sp³-hybridized carbons (Fsp3) is 0.857. The van der Waals surface area contributed by atoms with E-state index < -0.39 is 24.1 Å². The van der Waals surface area contributed by atoms with Crippen LogP contribution in [-0.4, -0.2) is 40.6 Å². The van der Waals surface area contributed by atoms with E-state index in [9.17, 15) is 22.8 Å². The number of halogens is 3. The molecule has 7 heteroatoms. The molecule has 0 aromatic heterocycles. The lowest BCUT2D eigenvalue weighted by molar-refractivity contribution is -0.184. The Kier molecular flexibility index (Phi) is 4.78. The van der Waals surface area contributed by atoms with E-state index in [0.717, 1.165) is 0 Å². The van der Waals surface area contributed by atoms with Crippen LogP contribution in [0.2, 0.25) is 0 Å². The summed E-state index contributed by atoms with van der Waals surface area (Å²) in [7, 11) is 0. The molecule has 1 atom stereocenters. The van der Waals surface area contributed by atoms with Crippen LogP contribution in [0.3, 0.4) is 0 Å². The molecule has 2 aliphatic rings. The van der Waals surface area contributed by atoms with Crippen LogP contribution in [0, 0.1) is 11.8 Å². The maximum Gasteiger partial charge on any atom is 0.391 e. The molecular weight excluding hydrogens is 287 g/mol. The molecule has 2 fully saturated rings. The number of nitrogens with zero attached hydrogens (tertiary/aromatic N) is 1. The first kappa shape index (κ1) is 16.1. The van der Waals surface area contributed by atoms with Crippen molar-refractivity contribution in [2.75, 3.05) is 6.54 Å². The van der Waals surface area contributed by atoms with Crippen molar-refractivity contribution >= 4 is 11.9 Å². The Balaban J connectivity index is 1.83. The fourth-order valence-electron chi connectivity index (χ4n) is 3.38. The Morgan fingerprint density at radius 2 is 1.71 bits per heavy atom. The zero-order valence-electron chi connectivity index (χ0n) is 11.7. The van der Waals surface area contributed by atoms with Gasteiger partial charge in [-0.1, -0.05) is 0 Å². The van der Waals surface area contributed by atoms with Crippen molar-refractivity contribution < 1.29 is 27.9 Å². The molecule has 120 valence electrons. The van der Waals surface area contributed by atoms with Crippen LogP contribution in [0.1, 0.15) is 44.9 Å². The second-order valence-electron chi connectivity index (χ2n) is 6.05. The molecular formula is C14H20F3NO3. The summed E-state index contributed by atoms with van der Waals surface area (Å²) in [6, 6.07) is -0.760. The molecule has 21 heavy (non-hydrogen) atoms. The standard InChI is InChI=1S/C14H20F3NO3/c15-14(16,17)10-5-3-9(4-6-10)8-12(19)18-7-1-2-11(18)13(20)21/h9-11H,1-8H2,(H,20,21). The van der Waals surface area contributed by atoms with Crippen molar-refractivity contribution in [2.24, 2.45) is 11.8 Å². The van der Waals surface area contributed by atoms with E-state index in [-0.39, 0.29) is 31.1 Å². The number of rotatable bonds is 3. The molecule has 0 aromatic carbocycles. The largest absolute Gasteiger partial charge is 0.480 e. The Bertz CT molecular complexity index is 403. The van der Waals surface area contributed by atoms with Crippen LogP contribution in [0.15, 0.2) is 0 Å². The van der Waals surface area contributed by atoms with Gasteiger partial charge in [0.25, 0.3) is 0 Å². The summed E-state index contributed by atoms with van der Waals surface area (Å²) >= 11 is 0. The number of carbonyl (C=O) groups is 2. The highest BCUT2D eigenvalue weighted by molar-refractivity contribution is 5.84. The van der Waals surface area contributed by atoms with Gasteiger partial charge >= 0.3 is 12.1 Å². The zero-order valence-corrected chi connectivity index (χ0v) is 11.7. The third-order valence-electron chi connectivity index (χ3n) is 4.63. The zero-order chi connectivity index (χ0) is 15.6. The highest BCUT2D eigenvalue weighted by Gasteiger charge is 2.42. The summed E-state index contributed by atoms with van der Waals surface area (Å²) in [5.74, 6) is -2.52. The smallest absolute Gasteiger partial charge is 0.391 e. The van der Waals surface area contributed by atoms with Crippen molar-refractivity contribution in [1.82, 2.24) is 4.90 Å². The second-order valence-corrected chi connectivity index (χ2v) is 6.05. The van der Waals surface area contributed by atoms with E-state index in [1.54, 1.807) is 0 Å². The van der Waals surface area contributed by atoms with Gasteiger partial charge in [0.15, 0.2) is 0 Å². The van der Waals surface area contributed by atoms with Crippen LogP contribution in [0.4, 0.5) is 13.2 Å². The summed E-state index contributed by atoms with van der Waals surface area (Å²) in [5, 5.41) is 9.04. The van der Waals surface area contributed by atoms with Crippen molar-refractivity contribution in [3.8, 4) is 0 Å². The van der Waals surface area contributed by atoms with Crippen LogP contribution >= 0.6 is 0 Å². The van der Waals surface area contributed by atoms with E-state index in [1.807, 2.05) is 0 Å². The molecule has 0 spiro atoms. The van der Waals surface area contributed by atoms with Gasteiger partial charge in [-0.25, -0.2) is 4.79 Å². The first-order chi connectivity index (χ1) is 9.79. The Morgan fingerprint density at radius 3 is 2.24 bits per heavy atom. The first-order valence-corrected chi connectivity index (χ1v) is 7.38. The van der Waals surface area contributed by atoms with Crippen LogP contribution in [0.5, 0.6) is 0 Å². The van der Waals surface area contributed by atoms with Crippen LogP contribution < -0.4 is 0 Å². The lowest BCUT2D eigenvalue weighted by Gasteiger charge is -2.31. The highest BCUT2D eigenvalue weighted by Crippen LogP contribution is 2.40. The number of alkyl halides is 3. The molecule has 2 rings (SSSR count). The summed E-state index contributed by atoms with van der Waals surface area (Å²) in [5.41, 5.74) is 0. The number of amides is 1. The third kappa shape index (κ3) is 3.89. The van der Waals surface area contributed by atoms with Gasteiger partial charge in [-0.05, 0) is 44.4 Å². The van der Waals surface area contributed by atoms with Gasteiger partial charge in [0.2, 0.25) is 5.91 Å².